The maximum absolute atomic E-state index is 12.1. The minimum Gasteiger partial charge on any atom is -0.454 e. The van der Waals surface area contributed by atoms with Crippen LogP contribution in [0.25, 0.3) is 0 Å². The zero-order valence-electron chi connectivity index (χ0n) is 10.4. The second-order valence-electron chi connectivity index (χ2n) is 4.15. The van der Waals surface area contributed by atoms with Crippen LogP contribution in [0.2, 0.25) is 0 Å². The highest BCUT2D eigenvalue weighted by molar-refractivity contribution is 5.95. The van der Waals surface area contributed by atoms with Crippen LogP contribution in [0, 0.1) is 0 Å². The number of hydrogen-bond acceptors (Lipinski definition) is 6. The second kappa shape index (κ2) is 5.17. The molecule has 1 aliphatic heterocycles. The molecule has 1 aromatic carbocycles. The summed E-state index contributed by atoms with van der Waals surface area (Å²) in [7, 11) is 0. The molecule has 0 saturated heterocycles. The summed E-state index contributed by atoms with van der Waals surface area (Å²) >= 11 is 0. The molecular formula is C12H12N4O4. The molecule has 2 heterocycles. The van der Waals surface area contributed by atoms with Gasteiger partial charge in [-0.3, -0.25) is 9.89 Å². The van der Waals surface area contributed by atoms with Crippen molar-refractivity contribution in [3.8, 4) is 11.5 Å². The molecule has 0 fully saturated rings. The van der Waals surface area contributed by atoms with Gasteiger partial charge in [0, 0.05) is 5.56 Å². The minimum atomic E-state index is -0.643. The Bertz CT molecular complexity index is 614. The number of aliphatic hydroxyl groups excluding tert-OH is 1. The van der Waals surface area contributed by atoms with Gasteiger partial charge in [-0.25, -0.2) is 4.98 Å². The van der Waals surface area contributed by atoms with E-state index in [1.165, 1.54) is 6.33 Å². The van der Waals surface area contributed by atoms with E-state index in [1.54, 1.807) is 18.2 Å². The van der Waals surface area contributed by atoms with Gasteiger partial charge in [-0.15, -0.1) is 0 Å². The van der Waals surface area contributed by atoms with Crippen molar-refractivity contribution in [3.63, 3.8) is 0 Å². The zero-order chi connectivity index (χ0) is 13.9. The van der Waals surface area contributed by atoms with Crippen LogP contribution in [0.5, 0.6) is 11.5 Å². The smallest absolute Gasteiger partial charge is 0.252 e. The van der Waals surface area contributed by atoms with Crippen LogP contribution in [0.15, 0.2) is 24.5 Å². The Hall–Kier alpha value is -2.61. The van der Waals surface area contributed by atoms with Gasteiger partial charge in [-0.1, -0.05) is 0 Å². The Balaban J connectivity index is 1.75. The lowest BCUT2D eigenvalue weighted by Gasteiger charge is -2.13. The number of H-pyrrole nitrogens is 1. The number of carbonyl (C=O) groups excluding carboxylic acids is 1. The molecular weight excluding hydrogens is 264 g/mol. The van der Waals surface area contributed by atoms with E-state index in [1.807, 2.05) is 0 Å². The van der Waals surface area contributed by atoms with Crippen molar-refractivity contribution in [3.05, 3.63) is 35.9 Å². The Labute approximate surface area is 113 Å². The predicted octanol–water partition coefficient (Wildman–Crippen LogP) is -0.00320. The third-order valence-electron chi connectivity index (χ3n) is 2.89. The molecule has 8 nitrogen and oxygen atoms in total. The van der Waals surface area contributed by atoms with Crippen LogP contribution in [0.1, 0.15) is 22.2 Å². The number of nitrogens with one attached hydrogen (secondary N) is 2. The summed E-state index contributed by atoms with van der Waals surface area (Å²) in [5.41, 5.74) is 0.409. The van der Waals surface area contributed by atoms with Crippen molar-refractivity contribution < 1.29 is 19.4 Å². The fourth-order valence-electron chi connectivity index (χ4n) is 1.86. The van der Waals surface area contributed by atoms with E-state index in [9.17, 15) is 9.90 Å². The lowest BCUT2D eigenvalue weighted by Crippen LogP contribution is -2.31. The first-order valence-corrected chi connectivity index (χ1v) is 5.94. The van der Waals surface area contributed by atoms with Gasteiger partial charge in [0.05, 0.1) is 6.61 Å². The topological polar surface area (TPSA) is 109 Å². The fraction of sp³-hybridized carbons (Fsp3) is 0.250. The van der Waals surface area contributed by atoms with Crippen LogP contribution in [-0.2, 0) is 0 Å². The molecule has 0 bridgehead atoms. The molecule has 1 aromatic heterocycles. The number of benzene rings is 1. The van der Waals surface area contributed by atoms with Crippen molar-refractivity contribution in [1.82, 2.24) is 20.5 Å². The summed E-state index contributed by atoms with van der Waals surface area (Å²) in [4.78, 5) is 16.0. The van der Waals surface area contributed by atoms with E-state index in [0.717, 1.165) is 0 Å². The van der Waals surface area contributed by atoms with E-state index in [4.69, 9.17) is 9.47 Å². The number of nitrogens with zero attached hydrogens (tertiary/aromatic N) is 2. The zero-order valence-corrected chi connectivity index (χ0v) is 10.4. The first kappa shape index (κ1) is 12.4. The number of fused-ring (bicyclic) bond motifs is 1. The average molecular weight is 276 g/mol. The maximum atomic E-state index is 12.1. The summed E-state index contributed by atoms with van der Waals surface area (Å²) in [6, 6.07) is 4.24. The number of aromatic nitrogens is 3. The van der Waals surface area contributed by atoms with Gasteiger partial charge in [0.1, 0.15) is 18.2 Å². The molecule has 104 valence electrons. The van der Waals surface area contributed by atoms with E-state index in [0.29, 0.717) is 22.9 Å². The standard InChI is InChI=1S/C12H12N4O4/c17-4-8(11-13-5-14-16-11)15-12(18)7-1-2-9-10(3-7)20-6-19-9/h1-3,5,8,17H,4,6H2,(H,15,18)(H,13,14,16)/t8-/m1/s1. The molecule has 1 atom stereocenters. The molecule has 8 heteroatoms. The second-order valence-corrected chi connectivity index (χ2v) is 4.15. The monoisotopic (exact) mass is 276 g/mol. The Kier molecular flexibility index (Phi) is 3.21. The summed E-state index contributed by atoms with van der Waals surface area (Å²) in [5.74, 6) is 1.17. The molecule has 3 N–H and O–H groups in total. The van der Waals surface area contributed by atoms with Crippen LogP contribution in [0.4, 0.5) is 0 Å². The lowest BCUT2D eigenvalue weighted by atomic mass is 10.1. The highest BCUT2D eigenvalue weighted by atomic mass is 16.7. The third-order valence-corrected chi connectivity index (χ3v) is 2.89. The molecule has 0 aliphatic carbocycles. The Morgan fingerprint density at radius 2 is 2.30 bits per heavy atom. The highest BCUT2D eigenvalue weighted by Gasteiger charge is 2.20. The van der Waals surface area contributed by atoms with Gasteiger partial charge in [0.2, 0.25) is 6.79 Å². The average Bonchev–Trinajstić information content (AvgIpc) is 3.14. The number of hydrogen-bond donors (Lipinski definition) is 3. The van der Waals surface area contributed by atoms with Crippen molar-refractivity contribution in [2.24, 2.45) is 0 Å². The van der Waals surface area contributed by atoms with E-state index >= 15 is 0 Å². The molecule has 20 heavy (non-hydrogen) atoms. The molecule has 0 unspecified atom stereocenters. The first-order valence-electron chi connectivity index (χ1n) is 5.94. The summed E-state index contributed by atoms with van der Waals surface area (Å²) in [5, 5.41) is 18.2. The first-order chi connectivity index (χ1) is 9.78. The molecule has 0 spiro atoms. The Morgan fingerprint density at radius 3 is 3.05 bits per heavy atom. The van der Waals surface area contributed by atoms with E-state index < -0.39 is 6.04 Å². The number of aliphatic hydroxyl groups is 1. The van der Waals surface area contributed by atoms with Crippen molar-refractivity contribution >= 4 is 5.91 Å². The molecule has 0 radical (unpaired) electrons. The number of rotatable bonds is 4. The van der Waals surface area contributed by atoms with Crippen molar-refractivity contribution in [2.75, 3.05) is 13.4 Å². The predicted molar refractivity (Wildman–Crippen MR) is 66.2 cm³/mol. The quantitative estimate of drug-likeness (QED) is 0.725. The largest absolute Gasteiger partial charge is 0.454 e. The van der Waals surface area contributed by atoms with Crippen molar-refractivity contribution in [2.45, 2.75) is 6.04 Å². The van der Waals surface area contributed by atoms with Gasteiger partial charge in [0.15, 0.2) is 11.5 Å². The van der Waals surface area contributed by atoms with Crippen LogP contribution in [-0.4, -0.2) is 39.6 Å². The summed E-state index contributed by atoms with van der Waals surface area (Å²) in [6.45, 7) is -0.136. The van der Waals surface area contributed by atoms with E-state index in [2.05, 4.69) is 20.5 Å². The number of amides is 1. The van der Waals surface area contributed by atoms with E-state index in [-0.39, 0.29) is 19.3 Å². The third kappa shape index (κ3) is 2.28. The van der Waals surface area contributed by atoms with Gasteiger partial charge >= 0.3 is 0 Å². The summed E-state index contributed by atoms with van der Waals surface area (Å²) in [6.07, 6.45) is 1.31. The maximum Gasteiger partial charge on any atom is 0.252 e. The van der Waals surface area contributed by atoms with Crippen LogP contribution < -0.4 is 14.8 Å². The molecule has 2 aromatic rings. The lowest BCUT2D eigenvalue weighted by molar-refractivity contribution is 0.0912. The van der Waals surface area contributed by atoms with Gasteiger partial charge in [-0.05, 0) is 18.2 Å². The summed E-state index contributed by atoms with van der Waals surface area (Å²) < 4.78 is 10.4. The number of carbonyl (C=O) groups is 1. The molecule has 1 amide bonds. The normalized spacial score (nSPS) is 14.1. The van der Waals surface area contributed by atoms with Gasteiger partial charge in [0.25, 0.3) is 5.91 Å². The number of aromatic amines is 1. The minimum absolute atomic E-state index is 0.151. The van der Waals surface area contributed by atoms with Crippen molar-refractivity contribution in [1.29, 1.82) is 0 Å². The number of ether oxygens (including phenoxy) is 2. The fourth-order valence-corrected chi connectivity index (χ4v) is 1.86. The highest BCUT2D eigenvalue weighted by Crippen LogP contribution is 2.32. The molecule has 1 aliphatic rings. The van der Waals surface area contributed by atoms with Gasteiger partial charge < -0.3 is 19.9 Å². The van der Waals surface area contributed by atoms with Crippen LogP contribution in [0.3, 0.4) is 0 Å². The molecule has 3 rings (SSSR count). The SMILES string of the molecule is O=C(N[C@H](CO)c1ncn[nH]1)c1ccc2c(c1)OCO2. The van der Waals surface area contributed by atoms with Gasteiger partial charge in [-0.2, -0.15) is 5.10 Å². The molecule has 0 saturated carbocycles. The Morgan fingerprint density at radius 1 is 1.45 bits per heavy atom. The van der Waals surface area contributed by atoms with Crippen LogP contribution >= 0.6 is 0 Å².